The summed E-state index contributed by atoms with van der Waals surface area (Å²) in [6.07, 6.45) is -0.0389. The molecule has 3 nitrogen and oxygen atoms in total. The Kier molecular flexibility index (Phi) is 3.72. The Labute approximate surface area is 90.0 Å². The number of hydrogen-bond donors (Lipinski definition) is 0. The predicted octanol–water partition coefficient (Wildman–Crippen LogP) is 1.96. The minimum absolute atomic E-state index is 0.0569. The third kappa shape index (κ3) is 3.30. The maximum absolute atomic E-state index is 5.67. The van der Waals surface area contributed by atoms with Crippen LogP contribution in [-0.2, 0) is 20.8 Å². The van der Waals surface area contributed by atoms with E-state index >= 15 is 0 Å². The number of benzene rings is 1. The molecule has 1 saturated heterocycles. The summed E-state index contributed by atoms with van der Waals surface area (Å²) < 4.78 is 16.3. The summed E-state index contributed by atoms with van der Waals surface area (Å²) in [6, 6.07) is 10.1. The third-order valence-electron chi connectivity index (χ3n) is 2.36. The molecule has 0 N–H and O–H groups in total. The fourth-order valence-corrected chi connectivity index (χ4v) is 1.47. The molecule has 0 atom stereocenters. The van der Waals surface area contributed by atoms with E-state index in [2.05, 4.69) is 0 Å². The molecule has 0 aromatic heterocycles. The highest BCUT2D eigenvalue weighted by Gasteiger charge is 2.19. The fraction of sp³-hybridized carbons (Fsp3) is 0.500. The number of hydrogen-bond acceptors (Lipinski definition) is 3. The van der Waals surface area contributed by atoms with Crippen molar-refractivity contribution >= 4 is 0 Å². The van der Waals surface area contributed by atoms with Gasteiger partial charge in [-0.1, -0.05) is 30.3 Å². The lowest BCUT2D eigenvalue weighted by molar-refractivity contribution is -0.220. The number of ether oxygens (including phenoxy) is 3. The van der Waals surface area contributed by atoms with Crippen LogP contribution in [0, 0.1) is 0 Å². The molecule has 82 valence electrons. The highest BCUT2D eigenvalue weighted by Crippen LogP contribution is 2.10. The van der Waals surface area contributed by atoms with Gasteiger partial charge in [0.05, 0.1) is 19.8 Å². The normalized spacial score (nSPS) is 26.5. The molecule has 1 aromatic rings. The quantitative estimate of drug-likeness (QED) is 0.760. The zero-order valence-electron chi connectivity index (χ0n) is 8.89. The second-order valence-corrected chi connectivity index (χ2v) is 3.65. The first-order valence-electron chi connectivity index (χ1n) is 5.23. The Balaban J connectivity index is 1.74. The van der Waals surface area contributed by atoms with E-state index in [1.54, 1.807) is 0 Å². The Morgan fingerprint density at radius 3 is 2.53 bits per heavy atom. The molecule has 1 aliphatic heterocycles. The van der Waals surface area contributed by atoms with Crippen molar-refractivity contribution in [1.29, 1.82) is 0 Å². The van der Waals surface area contributed by atoms with E-state index in [-0.39, 0.29) is 12.4 Å². The average Bonchev–Trinajstić information content (AvgIpc) is 2.30. The molecule has 1 heterocycles. The largest absolute Gasteiger partial charge is 0.369 e. The molecule has 0 aliphatic carbocycles. The van der Waals surface area contributed by atoms with Crippen LogP contribution in [0.1, 0.15) is 12.5 Å². The van der Waals surface area contributed by atoms with Crippen LogP contribution in [0.4, 0.5) is 0 Å². The van der Waals surface area contributed by atoms with Gasteiger partial charge in [-0.15, -0.1) is 0 Å². The first-order valence-corrected chi connectivity index (χ1v) is 5.23. The summed E-state index contributed by atoms with van der Waals surface area (Å²) in [4.78, 5) is 0. The Morgan fingerprint density at radius 2 is 1.87 bits per heavy atom. The molecule has 1 aliphatic rings. The van der Waals surface area contributed by atoms with Gasteiger partial charge in [-0.05, 0) is 12.5 Å². The second kappa shape index (κ2) is 5.26. The molecule has 0 bridgehead atoms. The second-order valence-electron chi connectivity index (χ2n) is 3.65. The smallest absolute Gasteiger partial charge is 0.155 e. The van der Waals surface area contributed by atoms with Gasteiger partial charge < -0.3 is 14.2 Å². The molecule has 0 amide bonds. The molecule has 2 rings (SSSR count). The monoisotopic (exact) mass is 208 g/mol. The molecule has 3 heteroatoms. The van der Waals surface area contributed by atoms with Crippen LogP contribution in [0.15, 0.2) is 30.3 Å². The van der Waals surface area contributed by atoms with Gasteiger partial charge in [-0.3, -0.25) is 0 Å². The molecule has 0 saturated carbocycles. The summed E-state index contributed by atoms with van der Waals surface area (Å²) in [6.45, 7) is 3.75. The molecular weight excluding hydrogens is 192 g/mol. The van der Waals surface area contributed by atoms with Gasteiger partial charge in [0, 0.05) is 0 Å². The highest BCUT2D eigenvalue weighted by atomic mass is 16.7. The van der Waals surface area contributed by atoms with Gasteiger partial charge >= 0.3 is 0 Å². The fourth-order valence-electron chi connectivity index (χ4n) is 1.47. The van der Waals surface area contributed by atoms with E-state index in [9.17, 15) is 0 Å². The summed E-state index contributed by atoms with van der Waals surface area (Å²) >= 11 is 0. The molecule has 1 fully saturated rings. The van der Waals surface area contributed by atoms with Gasteiger partial charge in [0.1, 0.15) is 6.10 Å². The van der Waals surface area contributed by atoms with Crippen LogP contribution in [0.3, 0.4) is 0 Å². The van der Waals surface area contributed by atoms with Gasteiger partial charge in [-0.2, -0.15) is 0 Å². The third-order valence-corrected chi connectivity index (χ3v) is 2.36. The topological polar surface area (TPSA) is 27.7 Å². The zero-order chi connectivity index (χ0) is 10.5. The molecule has 0 unspecified atom stereocenters. The van der Waals surface area contributed by atoms with Gasteiger partial charge in [0.15, 0.2) is 6.29 Å². The molecule has 1 aromatic carbocycles. The van der Waals surface area contributed by atoms with Crippen molar-refractivity contribution in [2.75, 3.05) is 13.2 Å². The minimum Gasteiger partial charge on any atom is -0.369 e. The maximum Gasteiger partial charge on any atom is 0.155 e. The van der Waals surface area contributed by atoms with Crippen LogP contribution in [0.2, 0.25) is 0 Å². The minimum atomic E-state index is -0.0958. The van der Waals surface area contributed by atoms with Crippen molar-refractivity contribution in [1.82, 2.24) is 0 Å². The Morgan fingerprint density at radius 1 is 1.20 bits per heavy atom. The average molecular weight is 208 g/mol. The SMILES string of the molecule is CC1OCC(OCc2ccccc2)CO1. The Hall–Kier alpha value is -0.900. The van der Waals surface area contributed by atoms with E-state index in [1.165, 1.54) is 5.56 Å². The van der Waals surface area contributed by atoms with E-state index in [0.717, 1.165) is 0 Å². The zero-order valence-corrected chi connectivity index (χ0v) is 8.89. The molecule has 15 heavy (non-hydrogen) atoms. The van der Waals surface area contributed by atoms with E-state index < -0.39 is 0 Å². The van der Waals surface area contributed by atoms with Crippen LogP contribution in [0.5, 0.6) is 0 Å². The lowest BCUT2D eigenvalue weighted by Gasteiger charge is -2.27. The highest BCUT2D eigenvalue weighted by molar-refractivity contribution is 5.13. The van der Waals surface area contributed by atoms with Crippen molar-refractivity contribution in [3.8, 4) is 0 Å². The van der Waals surface area contributed by atoms with Gasteiger partial charge in [0.2, 0.25) is 0 Å². The van der Waals surface area contributed by atoms with Gasteiger partial charge in [-0.25, -0.2) is 0 Å². The van der Waals surface area contributed by atoms with Crippen molar-refractivity contribution in [2.45, 2.75) is 25.9 Å². The van der Waals surface area contributed by atoms with E-state index in [1.807, 2.05) is 37.3 Å². The van der Waals surface area contributed by atoms with E-state index in [4.69, 9.17) is 14.2 Å². The van der Waals surface area contributed by atoms with Crippen LogP contribution in [0.25, 0.3) is 0 Å². The van der Waals surface area contributed by atoms with Crippen molar-refractivity contribution in [3.63, 3.8) is 0 Å². The Bertz CT molecular complexity index is 278. The molecular formula is C12H16O3. The first kappa shape index (κ1) is 10.6. The lowest BCUT2D eigenvalue weighted by Crippen LogP contribution is -2.35. The van der Waals surface area contributed by atoms with E-state index in [0.29, 0.717) is 19.8 Å². The van der Waals surface area contributed by atoms with Crippen molar-refractivity contribution in [3.05, 3.63) is 35.9 Å². The van der Waals surface area contributed by atoms with Crippen molar-refractivity contribution in [2.24, 2.45) is 0 Å². The number of rotatable bonds is 3. The predicted molar refractivity (Wildman–Crippen MR) is 56.4 cm³/mol. The molecule has 0 spiro atoms. The van der Waals surface area contributed by atoms with Gasteiger partial charge in [0.25, 0.3) is 0 Å². The summed E-state index contributed by atoms with van der Waals surface area (Å²) in [7, 11) is 0. The lowest BCUT2D eigenvalue weighted by atomic mass is 10.2. The first-order chi connectivity index (χ1) is 7.34. The van der Waals surface area contributed by atoms with Crippen LogP contribution < -0.4 is 0 Å². The summed E-state index contributed by atoms with van der Waals surface area (Å²) in [5.41, 5.74) is 1.18. The van der Waals surface area contributed by atoms with Crippen molar-refractivity contribution < 1.29 is 14.2 Å². The molecule has 0 radical (unpaired) electrons. The standard InChI is InChI=1S/C12H16O3/c1-10-13-8-12(9-14-10)15-7-11-5-3-2-4-6-11/h2-6,10,12H,7-9H2,1H3. The summed E-state index contributed by atoms with van der Waals surface area (Å²) in [5, 5.41) is 0. The summed E-state index contributed by atoms with van der Waals surface area (Å²) in [5.74, 6) is 0. The van der Waals surface area contributed by atoms with Crippen LogP contribution in [-0.4, -0.2) is 25.6 Å². The van der Waals surface area contributed by atoms with Crippen LogP contribution >= 0.6 is 0 Å². The maximum atomic E-state index is 5.67.